The zero-order valence-electron chi connectivity index (χ0n) is 17.4. The zero-order chi connectivity index (χ0) is 21.6. The quantitative estimate of drug-likeness (QED) is 0.371. The van der Waals surface area contributed by atoms with Crippen LogP contribution in [0.4, 0.5) is 4.39 Å². The van der Waals surface area contributed by atoms with E-state index in [-0.39, 0.29) is 12.4 Å². The molecule has 160 valence electrons. The van der Waals surface area contributed by atoms with Crippen LogP contribution < -0.4 is 15.2 Å². The standard InChI is InChI=1S/C25H25FN2O3/c1-17-24(16-30-21-10-3-2-8-19(21)26)31-23-12-4-11-22(25(17)23)29-14-6-9-20-18(15-27)7-5-13-28-20/h2-5,7-8,10-13H,6,9,14-16,27H2,1H3. The number of hydrogen-bond acceptors (Lipinski definition) is 5. The fraction of sp³-hybridized carbons (Fsp3) is 0.240. The number of nitrogens with zero attached hydrogens (tertiary/aromatic N) is 1. The molecular weight excluding hydrogens is 395 g/mol. The van der Waals surface area contributed by atoms with Crippen molar-refractivity contribution >= 4 is 11.0 Å². The van der Waals surface area contributed by atoms with Gasteiger partial charge < -0.3 is 19.6 Å². The van der Waals surface area contributed by atoms with E-state index in [4.69, 9.17) is 19.6 Å². The second-order valence-corrected chi connectivity index (χ2v) is 7.26. The predicted molar refractivity (Wildman–Crippen MR) is 118 cm³/mol. The summed E-state index contributed by atoms with van der Waals surface area (Å²) in [6, 6.07) is 15.9. The van der Waals surface area contributed by atoms with Gasteiger partial charge in [0.1, 0.15) is 23.7 Å². The van der Waals surface area contributed by atoms with Crippen LogP contribution in [-0.4, -0.2) is 11.6 Å². The van der Waals surface area contributed by atoms with Crippen LogP contribution in [0.3, 0.4) is 0 Å². The summed E-state index contributed by atoms with van der Waals surface area (Å²) < 4.78 is 31.5. The van der Waals surface area contributed by atoms with E-state index >= 15 is 0 Å². The first-order chi connectivity index (χ1) is 15.2. The summed E-state index contributed by atoms with van der Waals surface area (Å²) in [7, 11) is 0. The van der Waals surface area contributed by atoms with Crippen molar-refractivity contribution in [3.8, 4) is 11.5 Å². The number of aromatic nitrogens is 1. The van der Waals surface area contributed by atoms with Gasteiger partial charge in [-0.25, -0.2) is 4.39 Å². The first-order valence-corrected chi connectivity index (χ1v) is 10.3. The number of aryl methyl sites for hydroxylation is 2. The lowest BCUT2D eigenvalue weighted by atomic mass is 10.1. The van der Waals surface area contributed by atoms with Gasteiger partial charge >= 0.3 is 0 Å². The molecule has 0 saturated carbocycles. The van der Waals surface area contributed by atoms with E-state index in [0.717, 1.165) is 46.4 Å². The van der Waals surface area contributed by atoms with Gasteiger partial charge in [-0.15, -0.1) is 0 Å². The van der Waals surface area contributed by atoms with Gasteiger partial charge in [-0.3, -0.25) is 4.98 Å². The van der Waals surface area contributed by atoms with E-state index in [2.05, 4.69) is 4.98 Å². The Balaban J connectivity index is 1.43. The fourth-order valence-electron chi connectivity index (χ4n) is 3.58. The number of para-hydroxylation sites is 1. The third kappa shape index (κ3) is 4.70. The molecule has 0 amide bonds. The highest BCUT2D eigenvalue weighted by Crippen LogP contribution is 2.34. The number of rotatable bonds is 9. The van der Waals surface area contributed by atoms with Crippen molar-refractivity contribution in [3.63, 3.8) is 0 Å². The second kappa shape index (κ2) is 9.62. The zero-order valence-corrected chi connectivity index (χ0v) is 17.4. The van der Waals surface area contributed by atoms with E-state index < -0.39 is 5.82 Å². The molecular formula is C25H25FN2O3. The fourth-order valence-corrected chi connectivity index (χ4v) is 3.58. The van der Waals surface area contributed by atoms with Crippen LogP contribution in [0.25, 0.3) is 11.0 Å². The molecule has 2 heterocycles. The highest BCUT2D eigenvalue weighted by Gasteiger charge is 2.16. The smallest absolute Gasteiger partial charge is 0.165 e. The maximum Gasteiger partial charge on any atom is 0.165 e. The van der Waals surface area contributed by atoms with Crippen molar-refractivity contribution in [1.29, 1.82) is 0 Å². The minimum atomic E-state index is -0.397. The normalized spacial score (nSPS) is 11.1. The highest BCUT2D eigenvalue weighted by atomic mass is 19.1. The Labute approximate surface area is 180 Å². The summed E-state index contributed by atoms with van der Waals surface area (Å²) in [5.41, 5.74) is 9.51. The third-order valence-corrected chi connectivity index (χ3v) is 5.23. The van der Waals surface area contributed by atoms with Gasteiger partial charge in [-0.05, 0) is 55.7 Å². The lowest BCUT2D eigenvalue weighted by Gasteiger charge is -2.09. The Morgan fingerprint density at radius 3 is 2.68 bits per heavy atom. The van der Waals surface area contributed by atoms with E-state index in [1.807, 2.05) is 37.3 Å². The minimum Gasteiger partial charge on any atom is -0.493 e. The summed E-state index contributed by atoms with van der Waals surface area (Å²) in [6.07, 6.45) is 3.41. The Morgan fingerprint density at radius 2 is 1.84 bits per heavy atom. The van der Waals surface area contributed by atoms with Gasteiger partial charge in [-0.1, -0.05) is 24.3 Å². The number of nitrogens with two attached hydrogens (primary N) is 1. The monoisotopic (exact) mass is 420 g/mol. The number of fused-ring (bicyclic) bond motifs is 1. The topological polar surface area (TPSA) is 70.5 Å². The minimum absolute atomic E-state index is 0.141. The Hall–Kier alpha value is -3.38. The van der Waals surface area contributed by atoms with E-state index in [0.29, 0.717) is 18.9 Å². The highest BCUT2D eigenvalue weighted by molar-refractivity contribution is 5.88. The van der Waals surface area contributed by atoms with Crippen molar-refractivity contribution in [3.05, 3.63) is 89.2 Å². The van der Waals surface area contributed by atoms with Crippen LogP contribution in [-0.2, 0) is 19.6 Å². The summed E-state index contributed by atoms with van der Waals surface area (Å²) in [6.45, 7) is 3.13. The molecule has 4 rings (SSSR count). The maximum atomic E-state index is 13.8. The van der Waals surface area contributed by atoms with Gasteiger partial charge in [-0.2, -0.15) is 0 Å². The largest absolute Gasteiger partial charge is 0.493 e. The molecule has 5 nitrogen and oxygen atoms in total. The average Bonchev–Trinajstić information content (AvgIpc) is 3.12. The molecule has 2 aromatic heterocycles. The van der Waals surface area contributed by atoms with Crippen LogP contribution in [0, 0.1) is 12.7 Å². The first kappa shape index (κ1) is 20.9. The van der Waals surface area contributed by atoms with Crippen LogP contribution in [0.5, 0.6) is 11.5 Å². The number of hydrogen-bond donors (Lipinski definition) is 1. The number of furan rings is 1. The van der Waals surface area contributed by atoms with Crippen molar-refractivity contribution in [2.45, 2.75) is 32.9 Å². The van der Waals surface area contributed by atoms with Gasteiger partial charge in [0.05, 0.1) is 12.0 Å². The SMILES string of the molecule is Cc1c(COc2ccccc2F)oc2cccc(OCCCc3ncccc3CN)c12. The molecule has 2 aromatic carbocycles. The maximum absolute atomic E-state index is 13.8. The molecule has 0 aliphatic rings. The molecule has 0 aliphatic carbocycles. The summed E-state index contributed by atoms with van der Waals surface area (Å²) >= 11 is 0. The summed E-state index contributed by atoms with van der Waals surface area (Å²) in [5.74, 6) is 1.21. The third-order valence-electron chi connectivity index (χ3n) is 5.23. The predicted octanol–water partition coefficient (Wildman–Crippen LogP) is 5.32. The average molecular weight is 420 g/mol. The molecule has 0 unspecified atom stereocenters. The molecule has 0 aliphatic heterocycles. The van der Waals surface area contributed by atoms with E-state index in [1.54, 1.807) is 24.4 Å². The van der Waals surface area contributed by atoms with E-state index in [9.17, 15) is 4.39 Å². The number of benzene rings is 2. The Morgan fingerprint density at radius 1 is 1.00 bits per heavy atom. The second-order valence-electron chi connectivity index (χ2n) is 7.26. The van der Waals surface area contributed by atoms with E-state index in [1.165, 1.54) is 6.07 Å². The van der Waals surface area contributed by atoms with Gasteiger partial charge in [0.2, 0.25) is 0 Å². The molecule has 0 spiro atoms. The Bertz CT molecular complexity index is 1170. The molecule has 31 heavy (non-hydrogen) atoms. The molecule has 6 heteroatoms. The number of pyridine rings is 1. The molecule has 0 saturated heterocycles. The molecule has 4 aromatic rings. The van der Waals surface area contributed by atoms with Crippen LogP contribution in [0.1, 0.15) is 29.0 Å². The van der Waals surface area contributed by atoms with Crippen LogP contribution >= 0.6 is 0 Å². The number of ether oxygens (including phenoxy) is 2. The molecule has 2 N–H and O–H groups in total. The first-order valence-electron chi connectivity index (χ1n) is 10.3. The van der Waals surface area contributed by atoms with Crippen molar-refractivity contribution in [1.82, 2.24) is 4.98 Å². The van der Waals surface area contributed by atoms with Gasteiger partial charge in [0.15, 0.2) is 11.6 Å². The van der Waals surface area contributed by atoms with Crippen molar-refractivity contribution < 1.29 is 18.3 Å². The van der Waals surface area contributed by atoms with Gasteiger partial charge in [0.25, 0.3) is 0 Å². The van der Waals surface area contributed by atoms with Crippen molar-refractivity contribution in [2.24, 2.45) is 5.73 Å². The lowest BCUT2D eigenvalue weighted by molar-refractivity contribution is 0.261. The van der Waals surface area contributed by atoms with Crippen molar-refractivity contribution in [2.75, 3.05) is 6.61 Å². The molecule has 0 atom stereocenters. The van der Waals surface area contributed by atoms with Gasteiger partial charge in [0, 0.05) is 24.0 Å². The molecule has 0 bridgehead atoms. The van der Waals surface area contributed by atoms with Crippen LogP contribution in [0.2, 0.25) is 0 Å². The summed E-state index contributed by atoms with van der Waals surface area (Å²) in [5, 5.41) is 0.912. The lowest BCUT2D eigenvalue weighted by Crippen LogP contribution is -2.06. The Kier molecular flexibility index (Phi) is 6.48. The molecule has 0 fully saturated rings. The number of halogens is 1. The summed E-state index contributed by atoms with van der Waals surface area (Å²) in [4.78, 5) is 4.42. The molecule has 0 radical (unpaired) electrons. The van der Waals surface area contributed by atoms with Crippen LogP contribution in [0.15, 0.2) is 65.2 Å².